The first-order valence-electron chi connectivity index (χ1n) is 3.79. The van der Waals surface area contributed by atoms with Gasteiger partial charge in [0, 0.05) is 6.42 Å². The SMILES string of the molecule is CC(C)(C)[C@@H](CN)CC(=O)O. The van der Waals surface area contributed by atoms with Crippen molar-refractivity contribution in [2.75, 3.05) is 6.54 Å². The van der Waals surface area contributed by atoms with Crippen molar-refractivity contribution >= 4 is 5.97 Å². The van der Waals surface area contributed by atoms with Gasteiger partial charge in [0.2, 0.25) is 0 Å². The van der Waals surface area contributed by atoms with Crippen LogP contribution in [0.2, 0.25) is 0 Å². The molecule has 0 spiro atoms. The van der Waals surface area contributed by atoms with Crippen molar-refractivity contribution in [2.45, 2.75) is 27.2 Å². The normalized spacial score (nSPS) is 14.5. The summed E-state index contributed by atoms with van der Waals surface area (Å²) in [6.45, 7) is 6.46. The molecule has 0 aliphatic rings. The van der Waals surface area contributed by atoms with Crippen molar-refractivity contribution in [3.63, 3.8) is 0 Å². The van der Waals surface area contributed by atoms with Crippen molar-refractivity contribution in [2.24, 2.45) is 17.1 Å². The molecule has 3 nitrogen and oxygen atoms in total. The third-order valence-corrected chi connectivity index (χ3v) is 1.93. The predicted octanol–water partition coefficient (Wildman–Crippen LogP) is 1.08. The first-order valence-corrected chi connectivity index (χ1v) is 3.79. The minimum Gasteiger partial charge on any atom is -0.481 e. The molecule has 0 bridgehead atoms. The topological polar surface area (TPSA) is 63.3 Å². The molecule has 0 fully saturated rings. The van der Waals surface area contributed by atoms with Crippen LogP contribution in [0.4, 0.5) is 0 Å². The third kappa shape index (κ3) is 3.98. The van der Waals surface area contributed by atoms with Crippen molar-refractivity contribution in [1.82, 2.24) is 0 Å². The molecule has 0 unspecified atom stereocenters. The molecule has 0 aromatic carbocycles. The first-order chi connectivity index (χ1) is 4.88. The van der Waals surface area contributed by atoms with Gasteiger partial charge in [-0.05, 0) is 17.9 Å². The summed E-state index contributed by atoms with van der Waals surface area (Å²) in [5, 5.41) is 8.52. The maximum atomic E-state index is 10.4. The van der Waals surface area contributed by atoms with E-state index < -0.39 is 5.97 Å². The highest BCUT2D eigenvalue weighted by Crippen LogP contribution is 2.27. The molecule has 0 aromatic rings. The largest absolute Gasteiger partial charge is 0.481 e. The Morgan fingerprint density at radius 3 is 2.09 bits per heavy atom. The summed E-state index contributed by atoms with van der Waals surface area (Å²) in [7, 11) is 0. The van der Waals surface area contributed by atoms with Gasteiger partial charge in [-0.1, -0.05) is 20.8 Å². The number of aliphatic carboxylic acids is 1. The second-order valence-corrected chi connectivity index (χ2v) is 3.90. The van der Waals surface area contributed by atoms with Crippen molar-refractivity contribution in [1.29, 1.82) is 0 Å². The van der Waals surface area contributed by atoms with Crippen molar-refractivity contribution < 1.29 is 9.90 Å². The highest BCUT2D eigenvalue weighted by atomic mass is 16.4. The Morgan fingerprint density at radius 1 is 1.55 bits per heavy atom. The van der Waals surface area contributed by atoms with Gasteiger partial charge in [0.05, 0.1) is 0 Å². The highest BCUT2D eigenvalue weighted by molar-refractivity contribution is 5.67. The van der Waals surface area contributed by atoms with Crippen LogP contribution in [0.15, 0.2) is 0 Å². The average Bonchev–Trinajstić information content (AvgIpc) is 1.79. The summed E-state index contributed by atoms with van der Waals surface area (Å²) in [6, 6.07) is 0. The molecule has 0 amide bonds. The first kappa shape index (κ1) is 10.4. The van der Waals surface area contributed by atoms with E-state index in [1.165, 1.54) is 0 Å². The van der Waals surface area contributed by atoms with E-state index in [9.17, 15) is 4.79 Å². The number of carboxylic acid groups (broad SMARTS) is 1. The molecule has 1 atom stereocenters. The molecule has 0 aromatic heterocycles. The van der Waals surface area contributed by atoms with Crippen LogP contribution >= 0.6 is 0 Å². The zero-order valence-electron chi connectivity index (χ0n) is 7.42. The number of carboxylic acids is 1. The van der Waals surface area contributed by atoms with E-state index in [-0.39, 0.29) is 17.8 Å². The Kier molecular flexibility index (Phi) is 3.52. The molecule has 0 aliphatic carbocycles. The van der Waals surface area contributed by atoms with Crippen molar-refractivity contribution in [3.8, 4) is 0 Å². The molecule has 3 N–H and O–H groups in total. The van der Waals surface area contributed by atoms with Crippen molar-refractivity contribution in [3.05, 3.63) is 0 Å². The fraction of sp³-hybridized carbons (Fsp3) is 0.875. The Morgan fingerprint density at radius 2 is 2.00 bits per heavy atom. The van der Waals surface area contributed by atoms with E-state index in [0.717, 1.165) is 0 Å². The minimum atomic E-state index is -0.768. The van der Waals surface area contributed by atoms with E-state index in [2.05, 4.69) is 0 Å². The van der Waals surface area contributed by atoms with E-state index in [4.69, 9.17) is 10.8 Å². The molecular weight excluding hydrogens is 142 g/mol. The molecular formula is C8H17NO2. The lowest BCUT2D eigenvalue weighted by Crippen LogP contribution is -2.30. The Hall–Kier alpha value is -0.570. The maximum Gasteiger partial charge on any atom is 0.303 e. The summed E-state index contributed by atoms with van der Waals surface area (Å²) in [5.41, 5.74) is 5.44. The third-order valence-electron chi connectivity index (χ3n) is 1.93. The Labute approximate surface area is 67.6 Å². The molecule has 0 saturated heterocycles. The van der Waals surface area contributed by atoms with Gasteiger partial charge in [0.15, 0.2) is 0 Å². The van der Waals surface area contributed by atoms with E-state index >= 15 is 0 Å². The zero-order valence-corrected chi connectivity index (χ0v) is 7.42. The molecule has 0 radical (unpaired) electrons. The number of nitrogens with two attached hydrogens (primary N) is 1. The van der Waals surface area contributed by atoms with Gasteiger partial charge in [-0.2, -0.15) is 0 Å². The van der Waals surface area contributed by atoms with Gasteiger partial charge in [-0.15, -0.1) is 0 Å². The number of hydrogen-bond donors (Lipinski definition) is 2. The Balaban J connectivity index is 4.07. The number of hydrogen-bond acceptors (Lipinski definition) is 2. The van der Waals surface area contributed by atoms with E-state index in [1.54, 1.807) is 0 Å². The van der Waals surface area contributed by atoms with Crippen LogP contribution in [0.3, 0.4) is 0 Å². The summed E-state index contributed by atoms with van der Waals surface area (Å²) in [5.74, 6) is -0.699. The zero-order chi connectivity index (χ0) is 9.07. The lowest BCUT2D eigenvalue weighted by Gasteiger charge is -2.27. The lowest BCUT2D eigenvalue weighted by molar-refractivity contribution is -0.138. The Bertz CT molecular complexity index is 138. The fourth-order valence-electron chi connectivity index (χ4n) is 0.954. The van der Waals surface area contributed by atoms with Gasteiger partial charge in [0.1, 0.15) is 0 Å². The molecule has 0 rings (SSSR count). The lowest BCUT2D eigenvalue weighted by atomic mass is 9.79. The maximum absolute atomic E-state index is 10.4. The van der Waals surface area contributed by atoms with Gasteiger partial charge in [0.25, 0.3) is 0 Å². The van der Waals surface area contributed by atoms with E-state index in [1.807, 2.05) is 20.8 Å². The van der Waals surface area contributed by atoms with Gasteiger partial charge in [-0.3, -0.25) is 4.79 Å². The molecule has 0 heterocycles. The van der Waals surface area contributed by atoms with Crippen LogP contribution in [0.1, 0.15) is 27.2 Å². The average molecular weight is 159 g/mol. The minimum absolute atomic E-state index is 0.00681. The number of rotatable bonds is 3. The summed E-state index contributed by atoms with van der Waals surface area (Å²) in [6.07, 6.45) is 0.167. The molecule has 0 saturated carbocycles. The van der Waals surface area contributed by atoms with Crippen LogP contribution in [-0.2, 0) is 4.79 Å². The molecule has 66 valence electrons. The van der Waals surface area contributed by atoms with Crippen LogP contribution in [0.5, 0.6) is 0 Å². The second-order valence-electron chi connectivity index (χ2n) is 3.90. The highest BCUT2D eigenvalue weighted by Gasteiger charge is 2.25. The quantitative estimate of drug-likeness (QED) is 0.647. The van der Waals surface area contributed by atoms with Crippen LogP contribution in [-0.4, -0.2) is 17.6 Å². The summed E-state index contributed by atoms with van der Waals surface area (Å²) in [4.78, 5) is 10.4. The van der Waals surface area contributed by atoms with Crippen LogP contribution < -0.4 is 5.73 Å². The molecule has 3 heteroatoms. The van der Waals surface area contributed by atoms with Crippen LogP contribution in [0, 0.1) is 11.3 Å². The van der Waals surface area contributed by atoms with Gasteiger partial charge >= 0.3 is 5.97 Å². The monoisotopic (exact) mass is 159 g/mol. The van der Waals surface area contributed by atoms with Gasteiger partial charge < -0.3 is 10.8 Å². The number of carbonyl (C=O) groups is 1. The summed E-state index contributed by atoms with van der Waals surface area (Å²) < 4.78 is 0. The van der Waals surface area contributed by atoms with E-state index in [0.29, 0.717) is 6.54 Å². The second kappa shape index (κ2) is 3.72. The van der Waals surface area contributed by atoms with Gasteiger partial charge in [-0.25, -0.2) is 0 Å². The molecule has 0 aliphatic heterocycles. The smallest absolute Gasteiger partial charge is 0.303 e. The predicted molar refractivity (Wildman–Crippen MR) is 44.3 cm³/mol. The molecule has 11 heavy (non-hydrogen) atoms. The summed E-state index contributed by atoms with van der Waals surface area (Å²) >= 11 is 0. The standard InChI is InChI=1S/C8H17NO2/c1-8(2,3)6(5-9)4-7(10)11/h6H,4-5,9H2,1-3H3,(H,10,11)/t6-/m1/s1. The van der Waals surface area contributed by atoms with Crippen LogP contribution in [0.25, 0.3) is 0 Å². The fourth-order valence-corrected chi connectivity index (χ4v) is 0.954.